The Labute approximate surface area is 166 Å². The first-order chi connectivity index (χ1) is 14.0. The highest BCUT2D eigenvalue weighted by molar-refractivity contribution is 6.14. The lowest BCUT2D eigenvalue weighted by Gasteiger charge is -2.09. The number of methoxy groups -OCH3 is 1. The fourth-order valence-corrected chi connectivity index (χ4v) is 2.93. The molecule has 1 aliphatic rings. The average molecular weight is 394 g/mol. The lowest BCUT2D eigenvalue weighted by Crippen LogP contribution is -2.01. The molecule has 0 saturated heterocycles. The van der Waals surface area contributed by atoms with Crippen molar-refractivity contribution < 1.29 is 27.8 Å². The van der Waals surface area contributed by atoms with Gasteiger partial charge in [0.2, 0.25) is 5.78 Å². The Hall–Kier alpha value is -3.67. The third-order valence-corrected chi connectivity index (χ3v) is 4.50. The van der Waals surface area contributed by atoms with Crippen LogP contribution in [0.3, 0.4) is 0 Å². The quantitative estimate of drug-likeness (QED) is 0.560. The van der Waals surface area contributed by atoms with E-state index < -0.39 is 11.6 Å². The second-order valence-electron chi connectivity index (χ2n) is 6.36. The number of Topliss-reactive ketones (excluding diaryl/α,β-unsaturated/α-hetero) is 1. The largest absolute Gasteiger partial charge is 0.497 e. The molecule has 29 heavy (non-hydrogen) atoms. The molecule has 0 spiro atoms. The van der Waals surface area contributed by atoms with Gasteiger partial charge in [-0.1, -0.05) is 18.2 Å². The molecule has 0 radical (unpaired) electrons. The number of allylic oxidation sites excluding steroid dienone is 1. The zero-order valence-electron chi connectivity index (χ0n) is 15.4. The van der Waals surface area contributed by atoms with Crippen molar-refractivity contribution in [3.8, 4) is 17.2 Å². The first kappa shape index (κ1) is 18.7. The molecule has 0 amide bonds. The van der Waals surface area contributed by atoms with Crippen LogP contribution >= 0.6 is 0 Å². The molecular formula is C23H16F2O4. The highest BCUT2D eigenvalue weighted by atomic mass is 19.1. The molecule has 0 saturated carbocycles. The van der Waals surface area contributed by atoms with E-state index in [1.54, 1.807) is 37.5 Å². The molecule has 0 fully saturated rings. The fourth-order valence-electron chi connectivity index (χ4n) is 2.93. The molecule has 1 aliphatic heterocycles. The standard InChI is InChI=1S/C23H16F2O4/c1-27-15-7-5-14(6-8-15)11-22-23(26)17-10-9-16(12-21(17)29-22)28-13-18-19(24)3-2-4-20(18)25/h2-12H,13H2,1H3/b22-11-. The van der Waals surface area contributed by atoms with Crippen molar-refractivity contribution in [3.63, 3.8) is 0 Å². The molecule has 0 unspecified atom stereocenters. The minimum absolute atomic E-state index is 0.162. The van der Waals surface area contributed by atoms with E-state index in [2.05, 4.69) is 0 Å². The molecule has 0 aromatic heterocycles. The molecule has 4 rings (SSSR count). The first-order valence-corrected chi connectivity index (χ1v) is 8.83. The van der Waals surface area contributed by atoms with Gasteiger partial charge in [-0.2, -0.15) is 0 Å². The predicted molar refractivity (Wildman–Crippen MR) is 103 cm³/mol. The van der Waals surface area contributed by atoms with E-state index in [1.807, 2.05) is 12.1 Å². The molecule has 0 atom stereocenters. The van der Waals surface area contributed by atoms with E-state index in [4.69, 9.17) is 14.2 Å². The van der Waals surface area contributed by atoms with Crippen LogP contribution in [0.2, 0.25) is 0 Å². The van der Waals surface area contributed by atoms with E-state index in [0.29, 0.717) is 22.8 Å². The Kier molecular flexibility index (Phi) is 4.99. The molecule has 3 aromatic carbocycles. The second kappa shape index (κ2) is 7.75. The van der Waals surface area contributed by atoms with Crippen LogP contribution in [0, 0.1) is 11.6 Å². The number of hydrogen-bond acceptors (Lipinski definition) is 4. The highest BCUT2D eigenvalue weighted by Gasteiger charge is 2.27. The molecule has 0 aliphatic carbocycles. The topological polar surface area (TPSA) is 44.8 Å². The maximum absolute atomic E-state index is 13.7. The summed E-state index contributed by atoms with van der Waals surface area (Å²) < 4.78 is 43.7. The van der Waals surface area contributed by atoms with Gasteiger partial charge in [0.25, 0.3) is 0 Å². The van der Waals surface area contributed by atoms with Crippen molar-refractivity contribution in [2.24, 2.45) is 0 Å². The van der Waals surface area contributed by atoms with Crippen LogP contribution in [0.1, 0.15) is 21.5 Å². The lowest BCUT2D eigenvalue weighted by atomic mass is 10.1. The summed E-state index contributed by atoms with van der Waals surface area (Å²) in [5, 5.41) is 0. The summed E-state index contributed by atoms with van der Waals surface area (Å²) in [6.07, 6.45) is 1.64. The lowest BCUT2D eigenvalue weighted by molar-refractivity contribution is 0.101. The van der Waals surface area contributed by atoms with Crippen molar-refractivity contribution in [3.05, 3.63) is 94.7 Å². The normalized spacial score (nSPS) is 13.9. The first-order valence-electron chi connectivity index (χ1n) is 8.83. The van der Waals surface area contributed by atoms with Gasteiger partial charge in [0.15, 0.2) is 5.76 Å². The Morgan fingerprint density at radius 1 is 0.966 bits per heavy atom. The minimum Gasteiger partial charge on any atom is -0.497 e. The van der Waals surface area contributed by atoms with E-state index in [9.17, 15) is 13.6 Å². The van der Waals surface area contributed by atoms with Crippen LogP contribution in [-0.4, -0.2) is 12.9 Å². The molecule has 1 heterocycles. The van der Waals surface area contributed by atoms with Crippen molar-refractivity contribution in [2.45, 2.75) is 6.61 Å². The van der Waals surface area contributed by atoms with Gasteiger partial charge in [0, 0.05) is 6.07 Å². The summed E-state index contributed by atoms with van der Waals surface area (Å²) >= 11 is 0. The van der Waals surface area contributed by atoms with E-state index >= 15 is 0 Å². The Morgan fingerprint density at radius 2 is 1.66 bits per heavy atom. The molecule has 3 aromatic rings. The summed E-state index contributed by atoms with van der Waals surface area (Å²) in [6.45, 7) is -0.278. The van der Waals surface area contributed by atoms with Gasteiger partial charge in [0.1, 0.15) is 35.5 Å². The molecule has 146 valence electrons. The van der Waals surface area contributed by atoms with Crippen molar-refractivity contribution in [2.75, 3.05) is 7.11 Å². The fraction of sp³-hybridized carbons (Fsp3) is 0.0870. The van der Waals surface area contributed by atoms with Gasteiger partial charge in [-0.05, 0) is 48.0 Å². The van der Waals surface area contributed by atoms with Crippen LogP contribution in [-0.2, 0) is 6.61 Å². The number of carbonyl (C=O) groups is 1. The molecule has 4 nitrogen and oxygen atoms in total. The Bertz CT molecular complexity index is 1080. The maximum atomic E-state index is 13.7. The van der Waals surface area contributed by atoms with Crippen LogP contribution in [0.25, 0.3) is 6.08 Å². The predicted octanol–water partition coefficient (Wildman–Crippen LogP) is 5.17. The monoisotopic (exact) mass is 394 g/mol. The van der Waals surface area contributed by atoms with E-state index in [0.717, 1.165) is 5.56 Å². The summed E-state index contributed by atoms with van der Waals surface area (Å²) in [5.41, 5.74) is 1.02. The number of carbonyl (C=O) groups excluding carboxylic acids is 1. The van der Waals surface area contributed by atoms with Gasteiger partial charge in [-0.25, -0.2) is 8.78 Å². The van der Waals surface area contributed by atoms with E-state index in [1.165, 1.54) is 24.3 Å². The number of hydrogen-bond donors (Lipinski definition) is 0. The van der Waals surface area contributed by atoms with Crippen molar-refractivity contribution in [1.82, 2.24) is 0 Å². The van der Waals surface area contributed by atoms with Crippen LogP contribution in [0.4, 0.5) is 8.78 Å². The van der Waals surface area contributed by atoms with Gasteiger partial charge < -0.3 is 14.2 Å². The van der Waals surface area contributed by atoms with Gasteiger partial charge in [0.05, 0.1) is 18.2 Å². The molecule has 0 bridgehead atoms. The van der Waals surface area contributed by atoms with Gasteiger partial charge in [-0.15, -0.1) is 0 Å². The molecule has 6 heteroatoms. The minimum atomic E-state index is -0.678. The second-order valence-corrected chi connectivity index (χ2v) is 6.36. The number of benzene rings is 3. The van der Waals surface area contributed by atoms with Crippen LogP contribution < -0.4 is 14.2 Å². The van der Waals surface area contributed by atoms with E-state index in [-0.39, 0.29) is 23.7 Å². The van der Waals surface area contributed by atoms with Crippen LogP contribution in [0.15, 0.2) is 66.4 Å². The third kappa shape index (κ3) is 3.82. The number of ether oxygens (including phenoxy) is 3. The number of halogens is 2. The summed E-state index contributed by atoms with van der Waals surface area (Å²) in [6, 6.07) is 15.5. The molecular weight excluding hydrogens is 378 g/mol. The van der Waals surface area contributed by atoms with Crippen molar-refractivity contribution in [1.29, 1.82) is 0 Å². The number of rotatable bonds is 5. The molecule has 0 N–H and O–H groups in total. The average Bonchev–Trinajstić information content (AvgIpc) is 3.03. The van der Waals surface area contributed by atoms with Gasteiger partial charge in [-0.3, -0.25) is 4.79 Å². The van der Waals surface area contributed by atoms with Crippen LogP contribution in [0.5, 0.6) is 17.2 Å². The summed E-state index contributed by atoms with van der Waals surface area (Å²) in [5.74, 6) is -0.0390. The Balaban J connectivity index is 1.51. The zero-order valence-corrected chi connectivity index (χ0v) is 15.4. The highest BCUT2D eigenvalue weighted by Crippen LogP contribution is 2.35. The SMILES string of the molecule is COc1ccc(/C=C2\Oc3cc(OCc4c(F)cccc4F)ccc3C2=O)cc1. The zero-order chi connectivity index (χ0) is 20.4. The summed E-state index contributed by atoms with van der Waals surface area (Å²) in [4.78, 5) is 12.5. The third-order valence-electron chi connectivity index (χ3n) is 4.50. The summed E-state index contributed by atoms with van der Waals surface area (Å²) in [7, 11) is 1.58. The maximum Gasteiger partial charge on any atom is 0.231 e. The number of fused-ring (bicyclic) bond motifs is 1. The van der Waals surface area contributed by atoms with Crippen molar-refractivity contribution >= 4 is 11.9 Å². The number of ketones is 1. The Morgan fingerprint density at radius 3 is 2.34 bits per heavy atom. The van der Waals surface area contributed by atoms with Gasteiger partial charge >= 0.3 is 0 Å². The smallest absolute Gasteiger partial charge is 0.231 e.